The molecule has 0 aliphatic carbocycles. The number of aliphatic hydroxyl groups is 1. The zero-order valence-electron chi connectivity index (χ0n) is 25.7. The number of hydrogen-bond donors (Lipinski definition) is 2. The molecular weight excluding hydrogens is 817 g/mol. The van der Waals surface area contributed by atoms with Gasteiger partial charge < -0.3 is 38.6 Å². The van der Waals surface area contributed by atoms with E-state index in [2.05, 4.69) is 20.7 Å². The Balaban J connectivity index is 0.00000357. The number of ether oxygens (including phenoxy) is 6. The Morgan fingerprint density at radius 2 is 1.89 bits per heavy atom. The van der Waals surface area contributed by atoms with Crippen LogP contribution < -0.4 is 18.9 Å². The molecule has 4 bridgehead atoms. The number of rotatable bonds is 4. The first-order valence-electron chi connectivity index (χ1n) is 14.5. The molecule has 2 aromatic carbocycles. The zero-order chi connectivity index (χ0) is 31.0. The summed E-state index contributed by atoms with van der Waals surface area (Å²) in [5, 5.41) is 22.1. The van der Waals surface area contributed by atoms with E-state index < -0.39 is 35.6 Å². The van der Waals surface area contributed by atoms with Crippen molar-refractivity contribution in [2.24, 2.45) is 0 Å². The van der Waals surface area contributed by atoms with Crippen molar-refractivity contribution in [3.63, 3.8) is 0 Å². The number of likely N-dealkylation sites (N-methyl/N-ethyl adjacent to an activating group) is 1. The topological polar surface area (TPSA) is 124 Å². The molecule has 2 saturated heterocycles. The normalized spacial score (nSPS) is 29.8. The summed E-state index contributed by atoms with van der Waals surface area (Å²) in [4.78, 5) is 21.4. The molecule has 7 atom stereocenters. The number of cyclic esters (lactones) is 1. The number of fused-ring (bicyclic) bond motifs is 9. The summed E-state index contributed by atoms with van der Waals surface area (Å²) in [5.74, 6) is 1.52. The van der Waals surface area contributed by atoms with Gasteiger partial charge in [-0.25, -0.2) is 16.3 Å². The Morgan fingerprint density at radius 3 is 2.60 bits per heavy atom. The molecule has 1 radical (unpaired) electrons. The number of nitrogens with zero attached hydrogens (tertiary/aromatic N) is 3. The minimum atomic E-state index is -1.35. The molecule has 0 spiro atoms. The van der Waals surface area contributed by atoms with Crippen molar-refractivity contribution in [1.29, 1.82) is 0 Å². The molecule has 5 aliphatic rings. The number of carbonyl (C=O) groups excluding carboxylic acids is 1. The van der Waals surface area contributed by atoms with Gasteiger partial charge in [-0.05, 0) is 38.4 Å². The average molecular weight is 853 g/mol. The van der Waals surface area contributed by atoms with Crippen LogP contribution in [0, 0.1) is 64.5 Å². The minimum absolute atomic E-state index is 0. The van der Waals surface area contributed by atoms with Crippen LogP contribution in [-0.4, -0.2) is 97.5 Å². The number of carbonyl (C=O) groups is 1. The van der Waals surface area contributed by atoms with E-state index in [1.165, 1.54) is 11.8 Å². The standard InChI is InChI=1S/C31H35N3O9S.Ac/c1-13-7-15-8-16-30(32-3)34-17-9-40-31(37)18(35)10-44-29(21-20(17)28-26(42-12-43-28)14(2)24(21)36)23(34)22(33(16)4)19(15)27(25(13)39-6)41-11-38-5;/h7,16-18,22-23,29-30,35-36H,8-12H2,1-2,4-6H3;/t16-,17+,18?,22-,23?,29+,30+;/m0./s1. The first-order valence-corrected chi connectivity index (χ1v) is 15.6. The number of aromatic hydroxyl groups is 1. The van der Waals surface area contributed by atoms with Crippen LogP contribution in [0.15, 0.2) is 6.07 Å². The fraction of sp³-hybridized carbons (Fsp3) is 0.548. The van der Waals surface area contributed by atoms with E-state index in [1.807, 2.05) is 14.0 Å². The Kier molecular flexibility index (Phi) is 9.20. The fourth-order valence-electron chi connectivity index (χ4n) is 7.90. The first-order chi connectivity index (χ1) is 21.2. The molecule has 2 N–H and O–H groups in total. The van der Waals surface area contributed by atoms with Gasteiger partial charge in [0, 0.05) is 79.2 Å². The maximum atomic E-state index is 12.8. The van der Waals surface area contributed by atoms with Crippen LogP contribution in [0.4, 0.5) is 0 Å². The van der Waals surface area contributed by atoms with Crippen LogP contribution >= 0.6 is 11.8 Å². The summed E-state index contributed by atoms with van der Waals surface area (Å²) < 4.78 is 35.0. The molecule has 5 aliphatic heterocycles. The van der Waals surface area contributed by atoms with Crippen LogP contribution in [0.1, 0.15) is 50.7 Å². The van der Waals surface area contributed by atoms with Gasteiger partial charge in [0.05, 0.1) is 30.5 Å². The SMILES string of the molecule is [Ac].[C-]#[N+][C@H]1[C@@H]2Cc3cc(C)c(OC)c(OCOC)c3[C@@H](C3[C@@H]4SCC(O)C(=O)OC[C@H](c5c6c(c(C)c(O)c54)OCO6)N31)N2C. The van der Waals surface area contributed by atoms with Crippen LogP contribution in [-0.2, 0) is 20.7 Å². The molecule has 7 rings (SSSR count). The molecule has 2 unspecified atom stereocenters. The summed E-state index contributed by atoms with van der Waals surface area (Å²) in [6.45, 7) is 12.1. The van der Waals surface area contributed by atoms with E-state index in [1.54, 1.807) is 21.1 Å². The molecule has 0 amide bonds. The number of hydrogen-bond acceptors (Lipinski definition) is 12. The summed E-state index contributed by atoms with van der Waals surface area (Å²) >= 11 is 1.36. The van der Waals surface area contributed by atoms with Gasteiger partial charge in [-0.2, -0.15) is 0 Å². The molecule has 237 valence electrons. The number of phenolic OH excluding ortho intramolecular Hbond substituents is 1. The summed E-state index contributed by atoms with van der Waals surface area (Å²) in [6.07, 6.45) is -1.38. The number of methoxy groups -OCH3 is 2. The molecule has 5 heterocycles. The maximum Gasteiger partial charge on any atom is 0.335 e. The summed E-state index contributed by atoms with van der Waals surface area (Å²) in [7, 11) is 5.20. The van der Waals surface area contributed by atoms with E-state index in [0.717, 1.165) is 16.7 Å². The number of aryl methyl sites for hydroxylation is 1. The van der Waals surface area contributed by atoms with Crippen LogP contribution in [0.5, 0.6) is 28.7 Å². The maximum absolute atomic E-state index is 12.8. The fourth-order valence-corrected chi connectivity index (χ4v) is 9.32. The second kappa shape index (κ2) is 12.6. The van der Waals surface area contributed by atoms with Gasteiger partial charge in [0.1, 0.15) is 18.4 Å². The van der Waals surface area contributed by atoms with Gasteiger partial charge in [-0.15, -0.1) is 11.8 Å². The van der Waals surface area contributed by atoms with Crippen molar-refractivity contribution in [3.05, 3.63) is 50.9 Å². The molecule has 45 heavy (non-hydrogen) atoms. The summed E-state index contributed by atoms with van der Waals surface area (Å²) in [6, 6.07) is 0.519. The van der Waals surface area contributed by atoms with E-state index in [9.17, 15) is 15.0 Å². The Labute approximate surface area is 301 Å². The Hall–Kier alpha value is -1.97. The van der Waals surface area contributed by atoms with E-state index in [-0.39, 0.29) is 87.8 Å². The van der Waals surface area contributed by atoms with Crippen molar-refractivity contribution in [2.45, 2.75) is 62.0 Å². The van der Waals surface area contributed by atoms with Crippen molar-refractivity contribution in [1.82, 2.24) is 9.80 Å². The van der Waals surface area contributed by atoms with E-state index in [0.29, 0.717) is 46.1 Å². The Bertz CT molecular complexity index is 1580. The number of aliphatic hydroxyl groups excluding tert-OH is 1. The minimum Gasteiger partial charge on any atom is -0.507 e. The van der Waals surface area contributed by atoms with E-state index in [4.69, 9.17) is 35.0 Å². The molecule has 0 saturated carbocycles. The van der Waals surface area contributed by atoms with Gasteiger partial charge in [0.25, 0.3) is 6.17 Å². The van der Waals surface area contributed by atoms with Gasteiger partial charge in [-0.1, -0.05) is 6.07 Å². The van der Waals surface area contributed by atoms with Crippen molar-refractivity contribution < 1.29 is 87.5 Å². The first kappa shape index (κ1) is 33.0. The van der Waals surface area contributed by atoms with Gasteiger partial charge in [-0.3, -0.25) is 9.74 Å². The van der Waals surface area contributed by atoms with Crippen molar-refractivity contribution >= 4 is 17.7 Å². The van der Waals surface area contributed by atoms with Crippen LogP contribution in [0.3, 0.4) is 0 Å². The van der Waals surface area contributed by atoms with Gasteiger partial charge >= 0.3 is 5.97 Å². The molecule has 0 aromatic heterocycles. The Morgan fingerprint density at radius 1 is 1.13 bits per heavy atom. The number of thioether (sulfide) groups is 1. The monoisotopic (exact) mass is 852 g/mol. The molecule has 2 aromatic rings. The number of phenols is 1. The number of esters is 1. The third-order valence-electron chi connectivity index (χ3n) is 9.68. The quantitative estimate of drug-likeness (QED) is 0.267. The molecule has 12 nitrogen and oxygen atoms in total. The van der Waals surface area contributed by atoms with Crippen molar-refractivity contribution in [3.8, 4) is 28.7 Å². The van der Waals surface area contributed by atoms with Crippen LogP contribution in [0.25, 0.3) is 4.85 Å². The number of piperazine rings is 1. The van der Waals surface area contributed by atoms with Crippen LogP contribution in [0.2, 0.25) is 0 Å². The largest absolute Gasteiger partial charge is 0.507 e. The van der Waals surface area contributed by atoms with Gasteiger partial charge in [0.2, 0.25) is 6.79 Å². The van der Waals surface area contributed by atoms with E-state index >= 15 is 0 Å². The number of benzene rings is 2. The van der Waals surface area contributed by atoms with Gasteiger partial charge in [0.15, 0.2) is 35.9 Å². The van der Waals surface area contributed by atoms with Crippen molar-refractivity contribution in [2.75, 3.05) is 47.2 Å². The summed E-state index contributed by atoms with van der Waals surface area (Å²) in [5.41, 5.74) is 4.77. The molecule has 2 fully saturated rings. The molecule has 14 heteroatoms. The molecular formula is C31H35AcN3O9S. The third kappa shape index (κ3) is 4.83. The second-order valence-electron chi connectivity index (χ2n) is 11.8. The predicted octanol–water partition coefficient (Wildman–Crippen LogP) is 3.00. The predicted molar refractivity (Wildman–Crippen MR) is 158 cm³/mol. The zero-order valence-corrected chi connectivity index (χ0v) is 31.3. The third-order valence-corrected chi connectivity index (χ3v) is 11.1. The smallest absolute Gasteiger partial charge is 0.335 e. The second-order valence-corrected chi connectivity index (χ2v) is 13.0. The average Bonchev–Trinajstić information content (AvgIpc) is 3.50.